The van der Waals surface area contributed by atoms with Gasteiger partial charge in [-0.15, -0.1) is 0 Å². The summed E-state index contributed by atoms with van der Waals surface area (Å²) in [6, 6.07) is 0. The van der Waals surface area contributed by atoms with Crippen molar-refractivity contribution in [1.82, 2.24) is 0 Å². The predicted octanol–water partition coefficient (Wildman–Crippen LogP) is 9.47. The maximum Gasteiger partial charge on any atom is 0.215 e. The first-order chi connectivity index (χ1) is 19.0. The van der Waals surface area contributed by atoms with Gasteiger partial charge in [0.15, 0.2) is 0 Å². The molecule has 0 saturated heterocycles. The van der Waals surface area contributed by atoms with E-state index in [0.29, 0.717) is 35.5 Å². The quantitative estimate of drug-likeness (QED) is 0.161. The molecule has 0 heterocycles. The Morgan fingerprint density at radius 1 is 0.927 bits per heavy atom. The van der Waals surface area contributed by atoms with Gasteiger partial charge in [-0.05, 0) is 105 Å². The van der Waals surface area contributed by atoms with Gasteiger partial charge in [0.25, 0.3) is 0 Å². The number of ether oxygens (including phenoxy) is 1. The van der Waals surface area contributed by atoms with Crippen LogP contribution in [0.4, 0.5) is 0 Å². The molecule has 0 spiro atoms. The van der Waals surface area contributed by atoms with Crippen LogP contribution in [0, 0.1) is 46.3 Å². The molecule has 2 saturated carbocycles. The number of carbonyl (C=O) groups is 1. The Hall–Kier alpha value is -1.36. The van der Waals surface area contributed by atoms with Gasteiger partial charge in [0.2, 0.25) is 14.9 Å². The highest BCUT2D eigenvalue weighted by Crippen LogP contribution is 2.58. The van der Waals surface area contributed by atoms with Gasteiger partial charge in [0, 0.05) is 6.42 Å². The average Bonchev–Trinajstić information content (AvgIpc) is 3.42. The summed E-state index contributed by atoms with van der Waals surface area (Å²) < 4.78 is 29.7. The number of hydrogen-bond donors (Lipinski definition) is 0. The third kappa shape index (κ3) is 6.75. The van der Waals surface area contributed by atoms with Crippen molar-refractivity contribution in [2.45, 2.75) is 131 Å². The van der Waals surface area contributed by atoms with Crippen LogP contribution in [-0.4, -0.2) is 26.6 Å². The number of rotatable bonds is 8. The van der Waals surface area contributed by atoms with E-state index in [2.05, 4.69) is 53.7 Å². The van der Waals surface area contributed by atoms with Crippen LogP contribution < -0.4 is 0 Å². The van der Waals surface area contributed by atoms with Crippen molar-refractivity contribution >= 4 is 16.1 Å². The molecule has 4 nitrogen and oxygen atoms in total. The first kappa shape index (κ1) is 34.1. The van der Waals surface area contributed by atoms with E-state index in [0.717, 1.165) is 30.0 Å². The summed E-state index contributed by atoms with van der Waals surface area (Å²) in [6.45, 7) is 19.3. The molecule has 0 bridgehead atoms. The Bertz CT molecular complexity index is 1120. The number of carbonyl (C=O) groups excluding carboxylic acids is 1. The molecule has 0 N–H and O–H groups in total. The van der Waals surface area contributed by atoms with Crippen molar-refractivity contribution in [1.29, 1.82) is 0 Å². The lowest BCUT2D eigenvalue weighted by atomic mass is 9.60. The molecule has 0 aromatic heterocycles. The first-order valence-electron chi connectivity index (χ1n) is 16.4. The van der Waals surface area contributed by atoms with Gasteiger partial charge in [0.05, 0.1) is 11.9 Å². The lowest BCUT2D eigenvalue weighted by Crippen LogP contribution is -2.35. The predicted molar refractivity (Wildman–Crippen MR) is 172 cm³/mol. The van der Waals surface area contributed by atoms with Crippen LogP contribution in [0.5, 0.6) is 0 Å². The summed E-state index contributed by atoms with van der Waals surface area (Å²) in [6.07, 6.45) is 19.6. The standard InChI is InChI=1S/C21H36O3S.C15H24O/c1-15-9-8-14-21(6)17(15)11-12-18(21)16(2)10-13-19(24-7)25(22,23)20(3,4)5;1-11-5-4-9-15(3)13(11)6-7-14(15)12(2)8-10-16/h12-13,15-17H,8-11,14H2,1-7H3;7,10-13H,4-6,8-9H2,1-3H3/t15-,16+,17-,21-;11-,12+,13-,15-/m00/s1. The molecule has 0 radical (unpaired) electrons. The Labute approximate surface area is 252 Å². The SMILES string of the molecule is COC(=CC[C@@H](C)C1=CC[C@H]2[C@@H](C)CCC[C@]12C)S(=O)(=O)C(C)(C)C.C[C@H](CC=O)C1=CC[C@H]2[C@@H](C)CCC[C@]12C. The molecule has 0 aromatic carbocycles. The van der Waals surface area contributed by atoms with Crippen LogP contribution in [0.3, 0.4) is 0 Å². The molecule has 4 rings (SSSR count). The highest BCUT2D eigenvalue weighted by Gasteiger charge is 2.48. The smallest absolute Gasteiger partial charge is 0.215 e. The minimum Gasteiger partial charge on any atom is -0.487 e. The Morgan fingerprint density at radius 3 is 1.76 bits per heavy atom. The fourth-order valence-corrected chi connectivity index (χ4v) is 10.2. The fourth-order valence-electron chi connectivity index (χ4n) is 9.09. The molecule has 4 aliphatic rings. The number of sulfone groups is 1. The summed E-state index contributed by atoms with van der Waals surface area (Å²) in [5.41, 5.74) is 3.81. The Morgan fingerprint density at radius 2 is 1.37 bits per heavy atom. The second-order valence-electron chi connectivity index (χ2n) is 15.4. The van der Waals surface area contributed by atoms with Gasteiger partial charge in [-0.25, -0.2) is 8.42 Å². The second-order valence-corrected chi connectivity index (χ2v) is 18.0. The molecule has 8 atom stereocenters. The maximum absolute atomic E-state index is 12.6. The molecule has 2 fully saturated rings. The van der Waals surface area contributed by atoms with Gasteiger partial charge < -0.3 is 9.53 Å². The van der Waals surface area contributed by atoms with Crippen molar-refractivity contribution in [2.24, 2.45) is 46.3 Å². The summed E-state index contributed by atoms with van der Waals surface area (Å²) in [7, 11) is -1.98. The van der Waals surface area contributed by atoms with Crippen LogP contribution in [0.15, 0.2) is 34.5 Å². The van der Waals surface area contributed by atoms with Gasteiger partial charge in [-0.1, -0.05) is 90.5 Å². The zero-order valence-electron chi connectivity index (χ0n) is 27.9. The largest absolute Gasteiger partial charge is 0.487 e. The summed E-state index contributed by atoms with van der Waals surface area (Å²) in [5, 5.41) is 0.115. The van der Waals surface area contributed by atoms with E-state index in [1.165, 1.54) is 64.0 Å². The highest BCUT2D eigenvalue weighted by molar-refractivity contribution is 7.96. The van der Waals surface area contributed by atoms with E-state index >= 15 is 0 Å². The second kappa shape index (κ2) is 13.1. The van der Waals surface area contributed by atoms with Gasteiger partial charge in [0.1, 0.15) is 6.29 Å². The molecule has 0 aliphatic heterocycles. The summed E-state index contributed by atoms with van der Waals surface area (Å²) in [4.78, 5) is 10.7. The van der Waals surface area contributed by atoms with E-state index < -0.39 is 14.6 Å². The van der Waals surface area contributed by atoms with Crippen molar-refractivity contribution in [3.63, 3.8) is 0 Å². The third-order valence-corrected chi connectivity index (χ3v) is 14.1. The summed E-state index contributed by atoms with van der Waals surface area (Å²) >= 11 is 0. The molecule has 41 heavy (non-hydrogen) atoms. The van der Waals surface area contributed by atoms with Crippen LogP contribution in [0.2, 0.25) is 0 Å². The minimum atomic E-state index is -3.44. The fraction of sp³-hybridized carbons (Fsp3) is 0.806. The summed E-state index contributed by atoms with van der Waals surface area (Å²) in [5.74, 6) is 4.04. The molecular weight excluding hydrogens is 528 g/mol. The number of aldehydes is 1. The molecule has 4 aliphatic carbocycles. The normalized spacial score (nSPS) is 35.2. The number of methoxy groups -OCH3 is 1. The lowest BCUT2D eigenvalue weighted by molar-refractivity contribution is -0.108. The Balaban J connectivity index is 0.000000248. The average molecular weight is 589 g/mol. The van der Waals surface area contributed by atoms with Crippen LogP contribution in [0.1, 0.15) is 127 Å². The molecule has 0 aromatic rings. The lowest BCUT2D eigenvalue weighted by Gasteiger charge is -2.44. The topological polar surface area (TPSA) is 60.4 Å². The number of fused-ring (bicyclic) bond motifs is 2. The van der Waals surface area contributed by atoms with Crippen LogP contribution in [-0.2, 0) is 19.4 Å². The van der Waals surface area contributed by atoms with Crippen molar-refractivity contribution in [3.05, 3.63) is 34.5 Å². The zero-order chi connectivity index (χ0) is 30.8. The van der Waals surface area contributed by atoms with Gasteiger partial charge >= 0.3 is 0 Å². The van der Waals surface area contributed by atoms with Crippen molar-refractivity contribution in [3.8, 4) is 0 Å². The maximum atomic E-state index is 12.6. The van der Waals surface area contributed by atoms with Crippen LogP contribution in [0.25, 0.3) is 0 Å². The number of hydrogen-bond acceptors (Lipinski definition) is 4. The Kier molecular flexibility index (Phi) is 10.9. The van der Waals surface area contributed by atoms with Gasteiger partial charge in [-0.3, -0.25) is 0 Å². The minimum absolute atomic E-state index is 0.115. The van der Waals surface area contributed by atoms with Crippen molar-refractivity contribution in [2.75, 3.05) is 7.11 Å². The zero-order valence-corrected chi connectivity index (χ0v) is 28.7. The van der Waals surface area contributed by atoms with E-state index in [1.54, 1.807) is 32.4 Å². The monoisotopic (exact) mass is 588 g/mol. The van der Waals surface area contributed by atoms with E-state index in [9.17, 15) is 13.2 Å². The van der Waals surface area contributed by atoms with E-state index in [4.69, 9.17) is 4.74 Å². The van der Waals surface area contributed by atoms with Crippen LogP contribution >= 0.6 is 0 Å². The molecule has 234 valence electrons. The van der Waals surface area contributed by atoms with Crippen molar-refractivity contribution < 1.29 is 17.9 Å². The molecule has 5 heteroatoms. The highest BCUT2D eigenvalue weighted by atomic mass is 32.2. The molecule has 0 amide bonds. The first-order valence-corrected chi connectivity index (χ1v) is 17.9. The van der Waals surface area contributed by atoms with Gasteiger partial charge in [-0.2, -0.15) is 0 Å². The van der Waals surface area contributed by atoms with E-state index in [1.807, 2.05) is 0 Å². The molecule has 0 unspecified atom stereocenters. The third-order valence-electron chi connectivity index (χ3n) is 11.6. The molecular formula is C36H60O4S. The number of allylic oxidation sites excluding steroid dienone is 5. The van der Waals surface area contributed by atoms with E-state index in [-0.39, 0.29) is 5.09 Å².